The molecule has 3 rings (SSSR count). The maximum Gasteiger partial charge on any atom is 0.260 e. The molecule has 0 aliphatic carbocycles. The summed E-state index contributed by atoms with van der Waals surface area (Å²) in [6.07, 6.45) is 0. The van der Waals surface area contributed by atoms with Gasteiger partial charge in [-0.1, -0.05) is 23.8 Å². The number of hydrogen-bond donors (Lipinski definition) is 1. The lowest BCUT2D eigenvalue weighted by molar-refractivity contribution is -0.134. The number of nitrogens with one attached hydrogen (secondary N) is 1. The van der Waals surface area contributed by atoms with Crippen LogP contribution < -0.4 is 10.1 Å². The molecular weight excluding hydrogens is 370 g/mol. The summed E-state index contributed by atoms with van der Waals surface area (Å²) in [5, 5.41) is 2.68. The number of piperazine rings is 1. The summed E-state index contributed by atoms with van der Waals surface area (Å²) in [7, 11) is 0. The molecule has 0 saturated carbocycles. The zero-order valence-corrected chi connectivity index (χ0v) is 16.7. The molecule has 29 heavy (non-hydrogen) atoms. The van der Waals surface area contributed by atoms with Gasteiger partial charge in [0.05, 0.1) is 0 Å². The zero-order valence-electron chi connectivity index (χ0n) is 16.7. The zero-order chi connectivity index (χ0) is 20.8. The van der Waals surface area contributed by atoms with Crippen molar-refractivity contribution in [1.82, 2.24) is 9.80 Å². The first-order chi connectivity index (χ1) is 13.9. The van der Waals surface area contributed by atoms with E-state index in [4.69, 9.17) is 4.74 Å². The van der Waals surface area contributed by atoms with Crippen LogP contribution in [0.15, 0.2) is 48.5 Å². The minimum absolute atomic E-state index is 0.0181. The summed E-state index contributed by atoms with van der Waals surface area (Å²) in [6.45, 7) is 5.24. The Balaban J connectivity index is 1.50. The lowest BCUT2D eigenvalue weighted by Crippen LogP contribution is -2.51. The van der Waals surface area contributed by atoms with Gasteiger partial charge >= 0.3 is 0 Å². The first kappa shape index (κ1) is 20.4. The van der Waals surface area contributed by atoms with Gasteiger partial charge in [0, 0.05) is 44.4 Å². The van der Waals surface area contributed by atoms with Gasteiger partial charge < -0.3 is 19.9 Å². The number of anilines is 1. The number of carbonyl (C=O) groups excluding carboxylic acids is 3. The molecule has 0 bridgehead atoms. The standard InChI is InChI=1S/C22H25N3O4/c1-16-6-8-20(9-7-16)29-15-21(27)24-10-12-25(13-11-24)22(28)18-4-3-5-19(14-18)23-17(2)26/h3-9,14H,10-13,15H2,1-2H3,(H,23,26). The molecule has 152 valence electrons. The Bertz CT molecular complexity index is 887. The van der Waals surface area contributed by atoms with E-state index in [0.29, 0.717) is 43.2 Å². The van der Waals surface area contributed by atoms with Crippen LogP contribution in [0.2, 0.25) is 0 Å². The number of ether oxygens (including phenoxy) is 1. The maximum atomic E-state index is 12.7. The molecule has 1 heterocycles. The van der Waals surface area contributed by atoms with Crippen LogP contribution in [0.1, 0.15) is 22.8 Å². The largest absolute Gasteiger partial charge is 0.484 e. The van der Waals surface area contributed by atoms with Crippen LogP contribution in [-0.2, 0) is 9.59 Å². The van der Waals surface area contributed by atoms with Crippen LogP contribution in [0.3, 0.4) is 0 Å². The molecule has 0 aromatic heterocycles. The van der Waals surface area contributed by atoms with Crippen molar-refractivity contribution in [2.45, 2.75) is 13.8 Å². The van der Waals surface area contributed by atoms with E-state index in [2.05, 4.69) is 5.32 Å². The second-order valence-corrected chi connectivity index (χ2v) is 7.04. The quantitative estimate of drug-likeness (QED) is 0.843. The maximum absolute atomic E-state index is 12.7. The fraction of sp³-hybridized carbons (Fsp3) is 0.318. The van der Waals surface area contributed by atoms with Crippen molar-refractivity contribution >= 4 is 23.4 Å². The number of aryl methyl sites for hydroxylation is 1. The molecule has 0 atom stereocenters. The number of benzene rings is 2. The normalized spacial score (nSPS) is 13.7. The van der Waals surface area contributed by atoms with Gasteiger partial charge in [0.2, 0.25) is 5.91 Å². The van der Waals surface area contributed by atoms with Crippen molar-refractivity contribution in [2.75, 3.05) is 38.1 Å². The lowest BCUT2D eigenvalue weighted by atomic mass is 10.1. The molecule has 0 radical (unpaired) electrons. The average molecular weight is 395 g/mol. The van der Waals surface area contributed by atoms with E-state index in [9.17, 15) is 14.4 Å². The summed E-state index contributed by atoms with van der Waals surface area (Å²) in [6, 6.07) is 14.4. The Morgan fingerprint density at radius 3 is 2.28 bits per heavy atom. The molecule has 0 unspecified atom stereocenters. The summed E-state index contributed by atoms with van der Waals surface area (Å²) in [4.78, 5) is 39.8. The summed E-state index contributed by atoms with van der Waals surface area (Å²) in [5.74, 6) is 0.275. The third-order valence-corrected chi connectivity index (χ3v) is 4.73. The van der Waals surface area contributed by atoms with Crippen LogP contribution in [0.4, 0.5) is 5.69 Å². The first-order valence-electron chi connectivity index (χ1n) is 9.56. The monoisotopic (exact) mass is 395 g/mol. The molecular formula is C22H25N3O4. The topological polar surface area (TPSA) is 79.0 Å². The molecule has 0 spiro atoms. The average Bonchev–Trinajstić information content (AvgIpc) is 2.72. The summed E-state index contributed by atoms with van der Waals surface area (Å²) >= 11 is 0. The molecule has 7 nitrogen and oxygen atoms in total. The van der Waals surface area contributed by atoms with Crippen molar-refractivity contribution in [3.05, 3.63) is 59.7 Å². The molecule has 1 saturated heterocycles. The molecule has 1 N–H and O–H groups in total. The molecule has 3 amide bonds. The van der Waals surface area contributed by atoms with Crippen LogP contribution in [-0.4, -0.2) is 60.3 Å². The van der Waals surface area contributed by atoms with Gasteiger partial charge in [0.25, 0.3) is 11.8 Å². The van der Waals surface area contributed by atoms with Crippen LogP contribution >= 0.6 is 0 Å². The van der Waals surface area contributed by atoms with Gasteiger partial charge in [0.15, 0.2) is 6.61 Å². The van der Waals surface area contributed by atoms with E-state index in [1.54, 1.807) is 34.1 Å². The van der Waals surface area contributed by atoms with Gasteiger partial charge in [-0.25, -0.2) is 0 Å². The van der Waals surface area contributed by atoms with Crippen molar-refractivity contribution in [1.29, 1.82) is 0 Å². The van der Waals surface area contributed by atoms with Crippen LogP contribution in [0.25, 0.3) is 0 Å². The Morgan fingerprint density at radius 1 is 0.966 bits per heavy atom. The van der Waals surface area contributed by atoms with Gasteiger partial charge in [-0.15, -0.1) is 0 Å². The van der Waals surface area contributed by atoms with E-state index in [1.807, 2.05) is 31.2 Å². The molecule has 2 aromatic rings. The predicted molar refractivity (Wildman–Crippen MR) is 110 cm³/mol. The number of rotatable bonds is 5. The Hall–Kier alpha value is -3.35. The second-order valence-electron chi connectivity index (χ2n) is 7.04. The van der Waals surface area contributed by atoms with Crippen LogP contribution in [0, 0.1) is 6.92 Å². The number of amides is 3. The van der Waals surface area contributed by atoms with Crippen LogP contribution in [0.5, 0.6) is 5.75 Å². The fourth-order valence-electron chi connectivity index (χ4n) is 3.15. The number of hydrogen-bond acceptors (Lipinski definition) is 4. The smallest absolute Gasteiger partial charge is 0.260 e. The van der Waals surface area contributed by atoms with Gasteiger partial charge in [0.1, 0.15) is 5.75 Å². The highest BCUT2D eigenvalue weighted by atomic mass is 16.5. The highest BCUT2D eigenvalue weighted by Crippen LogP contribution is 2.15. The van der Waals surface area contributed by atoms with Crippen molar-refractivity contribution in [3.8, 4) is 5.75 Å². The minimum Gasteiger partial charge on any atom is -0.484 e. The summed E-state index contributed by atoms with van der Waals surface area (Å²) in [5.41, 5.74) is 2.23. The molecule has 1 aliphatic heterocycles. The number of carbonyl (C=O) groups is 3. The molecule has 1 aliphatic rings. The van der Waals surface area contributed by atoms with E-state index in [-0.39, 0.29) is 24.3 Å². The molecule has 7 heteroatoms. The summed E-state index contributed by atoms with van der Waals surface area (Å²) < 4.78 is 5.56. The van der Waals surface area contributed by atoms with E-state index in [1.165, 1.54) is 6.92 Å². The Morgan fingerprint density at radius 2 is 1.62 bits per heavy atom. The van der Waals surface area contributed by atoms with Gasteiger partial charge in [-0.3, -0.25) is 14.4 Å². The van der Waals surface area contributed by atoms with Crippen molar-refractivity contribution in [2.24, 2.45) is 0 Å². The van der Waals surface area contributed by atoms with E-state index in [0.717, 1.165) is 5.56 Å². The minimum atomic E-state index is -0.186. The SMILES string of the molecule is CC(=O)Nc1cccc(C(=O)N2CCN(C(=O)COc3ccc(C)cc3)CC2)c1. The molecule has 1 fully saturated rings. The third kappa shape index (κ3) is 5.57. The highest BCUT2D eigenvalue weighted by molar-refractivity contribution is 5.97. The third-order valence-electron chi connectivity index (χ3n) is 4.73. The van der Waals surface area contributed by atoms with Gasteiger partial charge in [-0.05, 0) is 37.3 Å². The van der Waals surface area contributed by atoms with Crippen molar-refractivity contribution < 1.29 is 19.1 Å². The predicted octanol–water partition coefficient (Wildman–Crippen LogP) is 2.32. The van der Waals surface area contributed by atoms with E-state index < -0.39 is 0 Å². The van der Waals surface area contributed by atoms with E-state index >= 15 is 0 Å². The van der Waals surface area contributed by atoms with Gasteiger partial charge in [-0.2, -0.15) is 0 Å². The lowest BCUT2D eigenvalue weighted by Gasteiger charge is -2.34. The second kappa shape index (κ2) is 9.23. The Labute approximate surface area is 170 Å². The van der Waals surface area contributed by atoms with Crippen molar-refractivity contribution in [3.63, 3.8) is 0 Å². The molecule has 2 aromatic carbocycles. The fourth-order valence-corrected chi connectivity index (χ4v) is 3.15. The highest BCUT2D eigenvalue weighted by Gasteiger charge is 2.25. The Kier molecular flexibility index (Phi) is 6.49. The first-order valence-corrected chi connectivity index (χ1v) is 9.56. The number of nitrogens with zero attached hydrogens (tertiary/aromatic N) is 2.